The Morgan fingerprint density at radius 2 is 2.00 bits per heavy atom. The maximum Gasteiger partial charge on any atom is 0.142 e. The highest BCUT2D eigenvalue weighted by molar-refractivity contribution is 6.31. The van der Waals surface area contributed by atoms with Crippen molar-refractivity contribution >= 4 is 39.4 Å². The van der Waals surface area contributed by atoms with E-state index in [9.17, 15) is 0 Å². The standard InChI is InChI=1S/C15H10ClNO/c16-10-2-4-11-9(7-10)1-3-13-12-5-6-17-8-14(12)18-15(11)13/h1-7,17H,8H2. The van der Waals surface area contributed by atoms with Crippen LogP contribution < -0.4 is 5.32 Å². The van der Waals surface area contributed by atoms with Crippen LogP contribution in [0.25, 0.3) is 27.8 Å². The molecule has 2 nitrogen and oxygen atoms in total. The van der Waals surface area contributed by atoms with Crippen molar-refractivity contribution < 1.29 is 4.42 Å². The van der Waals surface area contributed by atoms with Crippen LogP contribution in [0.4, 0.5) is 0 Å². The first-order chi connectivity index (χ1) is 8.83. The molecule has 2 heterocycles. The second kappa shape index (κ2) is 3.53. The molecule has 2 aromatic carbocycles. The van der Waals surface area contributed by atoms with Crippen molar-refractivity contribution in [2.75, 3.05) is 0 Å². The maximum absolute atomic E-state index is 6.02. The second-order valence-electron chi connectivity index (χ2n) is 4.46. The van der Waals surface area contributed by atoms with Crippen LogP contribution in [0.5, 0.6) is 0 Å². The molecule has 0 fully saturated rings. The van der Waals surface area contributed by atoms with E-state index in [1.54, 1.807) is 0 Å². The lowest BCUT2D eigenvalue weighted by Gasteiger charge is -2.04. The van der Waals surface area contributed by atoms with Gasteiger partial charge in [0.2, 0.25) is 0 Å². The number of rotatable bonds is 0. The summed E-state index contributed by atoms with van der Waals surface area (Å²) in [5.74, 6) is 0.995. The van der Waals surface area contributed by atoms with E-state index in [0.717, 1.165) is 39.1 Å². The van der Waals surface area contributed by atoms with E-state index in [-0.39, 0.29) is 0 Å². The summed E-state index contributed by atoms with van der Waals surface area (Å²) in [6.45, 7) is 0.746. The Morgan fingerprint density at radius 1 is 1.11 bits per heavy atom. The Kier molecular flexibility index (Phi) is 1.97. The van der Waals surface area contributed by atoms with Crippen LogP contribution in [0.1, 0.15) is 11.3 Å². The average Bonchev–Trinajstić information content (AvgIpc) is 2.77. The van der Waals surface area contributed by atoms with Gasteiger partial charge in [0.15, 0.2) is 0 Å². The molecule has 0 atom stereocenters. The van der Waals surface area contributed by atoms with Gasteiger partial charge in [-0.15, -0.1) is 0 Å². The minimum atomic E-state index is 0.746. The van der Waals surface area contributed by atoms with Crippen LogP contribution >= 0.6 is 11.6 Å². The Labute approximate surface area is 109 Å². The molecule has 0 saturated carbocycles. The number of furan rings is 1. The highest BCUT2D eigenvalue weighted by Gasteiger charge is 2.15. The van der Waals surface area contributed by atoms with Crippen LogP contribution in [-0.4, -0.2) is 0 Å². The van der Waals surface area contributed by atoms with Crippen LogP contribution in [0.3, 0.4) is 0 Å². The molecule has 0 aliphatic carbocycles. The molecule has 1 aromatic heterocycles. The van der Waals surface area contributed by atoms with Gasteiger partial charge >= 0.3 is 0 Å². The van der Waals surface area contributed by atoms with Crippen molar-refractivity contribution in [2.24, 2.45) is 0 Å². The van der Waals surface area contributed by atoms with Crippen LogP contribution in [-0.2, 0) is 6.54 Å². The molecule has 18 heavy (non-hydrogen) atoms. The summed E-state index contributed by atoms with van der Waals surface area (Å²) in [6, 6.07) is 10.1. The summed E-state index contributed by atoms with van der Waals surface area (Å²) in [4.78, 5) is 0. The molecule has 1 aliphatic heterocycles. The van der Waals surface area contributed by atoms with E-state index >= 15 is 0 Å². The van der Waals surface area contributed by atoms with Crippen LogP contribution in [0.2, 0.25) is 5.02 Å². The Morgan fingerprint density at radius 3 is 2.94 bits per heavy atom. The highest BCUT2D eigenvalue weighted by atomic mass is 35.5. The first-order valence-corrected chi connectivity index (χ1v) is 6.24. The fourth-order valence-corrected chi connectivity index (χ4v) is 2.71. The van der Waals surface area contributed by atoms with Crippen molar-refractivity contribution in [2.45, 2.75) is 6.54 Å². The van der Waals surface area contributed by atoms with Crippen molar-refractivity contribution in [1.29, 1.82) is 0 Å². The van der Waals surface area contributed by atoms with Gasteiger partial charge in [0.1, 0.15) is 11.3 Å². The Balaban J connectivity index is 2.17. The van der Waals surface area contributed by atoms with Gasteiger partial charge in [-0.25, -0.2) is 0 Å². The minimum Gasteiger partial charge on any atom is -0.458 e. The summed E-state index contributed by atoms with van der Waals surface area (Å²) in [5, 5.41) is 7.30. The molecule has 0 unspecified atom stereocenters. The fraction of sp³-hybridized carbons (Fsp3) is 0.0667. The third-order valence-corrected chi connectivity index (χ3v) is 3.61. The third kappa shape index (κ3) is 1.30. The van der Waals surface area contributed by atoms with E-state index in [1.165, 1.54) is 5.56 Å². The van der Waals surface area contributed by atoms with Crippen molar-refractivity contribution in [3.05, 3.63) is 52.9 Å². The number of nitrogens with one attached hydrogen (secondary N) is 1. The van der Waals surface area contributed by atoms with Gasteiger partial charge in [0.05, 0.1) is 6.54 Å². The lowest BCUT2D eigenvalue weighted by molar-refractivity contribution is 0.534. The van der Waals surface area contributed by atoms with Crippen LogP contribution in [0, 0.1) is 0 Å². The van der Waals surface area contributed by atoms with Gasteiger partial charge < -0.3 is 9.73 Å². The van der Waals surface area contributed by atoms with Crippen molar-refractivity contribution in [3.8, 4) is 0 Å². The van der Waals surface area contributed by atoms with Crippen molar-refractivity contribution in [1.82, 2.24) is 5.32 Å². The van der Waals surface area contributed by atoms with E-state index in [0.29, 0.717) is 0 Å². The molecule has 3 heteroatoms. The van der Waals surface area contributed by atoms with E-state index in [1.807, 2.05) is 24.4 Å². The molecule has 0 amide bonds. The molecule has 0 bridgehead atoms. The zero-order valence-corrected chi connectivity index (χ0v) is 10.3. The van der Waals surface area contributed by atoms with Gasteiger partial charge in [0.25, 0.3) is 0 Å². The first kappa shape index (κ1) is 10.0. The SMILES string of the molecule is Clc1ccc2c(ccc3c4c(oc32)CNC=C4)c1. The summed E-state index contributed by atoms with van der Waals surface area (Å²) in [5.41, 5.74) is 2.13. The highest BCUT2D eigenvalue weighted by Crippen LogP contribution is 2.34. The zero-order valence-electron chi connectivity index (χ0n) is 9.53. The molecule has 0 spiro atoms. The minimum absolute atomic E-state index is 0.746. The normalized spacial score (nSPS) is 13.8. The Bertz CT molecular complexity index is 801. The van der Waals surface area contributed by atoms with Crippen molar-refractivity contribution in [3.63, 3.8) is 0 Å². The smallest absolute Gasteiger partial charge is 0.142 e. The molecule has 1 N–H and O–H groups in total. The molecule has 4 rings (SSSR count). The van der Waals surface area contributed by atoms with E-state index < -0.39 is 0 Å². The zero-order chi connectivity index (χ0) is 12.1. The summed E-state index contributed by atoms with van der Waals surface area (Å²) in [7, 11) is 0. The molecule has 3 aromatic rings. The lowest BCUT2D eigenvalue weighted by Crippen LogP contribution is -2.07. The maximum atomic E-state index is 6.02. The van der Waals surface area contributed by atoms with Gasteiger partial charge in [-0.05, 0) is 41.9 Å². The number of halogens is 1. The predicted octanol–water partition coefficient (Wildman–Crippen LogP) is 4.31. The third-order valence-electron chi connectivity index (χ3n) is 3.38. The molecular weight excluding hydrogens is 246 g/mol. The summed E-state index contributed by atoms with van der Waals surface area (Å²) < 4.78 is 5.99. The number of hydrogen-bond donors (Lipinski definition) is 1. The predicted molar refractivity (Wildman–Crippen MR) is 74.6 cm³/mol. The van der Waals surface area contributed by atoms with E-state index in [2.05, 4.69) is 23.5 Å². The summed E-state index contributed by atoms with van der Waals surface area (Å²) >= 11 is 6.02. The number of fused-ring (bicyclic) bond motifs is 5. The summed E-state index contributed by atoms with van der Waals surface area (Å²) in [6.07, 6.45) is 4.02. The Hall–Kier alpha value is -1.93. The largest absolute Gasteiger partial charge is 0.458 e. The van der Waals surface area contributed by atoms with Gasteiger partial charge in [-0.1, -0.05) is 17.7 Å². The molecular formula is C15H10ClNO. The lowest BCUT2D eigenvalue weighted by atomic mass is 10.0. The average molecular weight is 256 g/mol. The quantitative estimate of drug-likeness (QED) is 0.647. The van der Waals surface area contributed by atoms with E-state index in [4.69, 9.17) is 16.0 Å². The topological polar surface area (TPSA) is 25.2 Å². The van der Waals surface area contributed by atoms with Gasteiger partial charge in [-0.3, -0.25) is 0 Å². The number of hydrogen-bond acceptors (Lipinski definition) is 2. The monoisotopic (exact) mass is 255 g/mol. The van der Waals surface area contributed by atoms with Gasteiger partial charge in [0, 0.05) is 21.4 Å². The number of benzene rings is 2. The van der Waals surface area contributed by atoms with Crippen LogP contribution in [0.15, 0.2) is 40.9 Å². The molecule has 0 radical (unpaired) electrons. The first-order valence-electron chi connectivity index (χ1n) is 5.86. The molecule has 1 aliphatic rings. The molecule has 0 saturated heterocycles. The van der Waals surface area contributed by atoms with Gasteiger partial charge in [-0.2, -0.15) is 0 Å². The molecule has 88 valence electrons. The second-order valence-corrected chi connectivity index (χ2v) is 4.90. The fourth-order valence-electron chi connectivity index (χ4n) is 2.53.